The van der Waals surface area contributed by atoms with E-state index >= 15 is 0 Å². The Morgan fingerprint density at radius 2 is 1.61 bits per heavy atom. The van der Waals surface area contributed by atoms with Crippen molar-refractivity contribution < 1.29 is 14.3 Å². The van der Waals surface area contributed by atoms with Gasteiger partial charge in [-0.15, -0.1) is 0 Å². The van der Waals surface area contributed by atoms with Gasteiger partial charge in [-0.3, -0.25) is 0 Å². The number of carbonyl (C=O) groups is 1. The van der Waals surface area contributed by atoms with E-state index in [2.05, 4.69) is 38.1 Å². The summed E-state index contributed by atoms with van der Waals surface area (Å²) in [6.45, 7) is 11.5. The van der Waals surface area contributed by atoms with Gasteiger partial charge in [0.15, 0.2) is 5.58 Å². The van der Waals surface area contributed by atoms with Crippen molar-refractivity contribution in [3.05, 3.63) is 102 Å². The second-order valence-corrected chi connectivity index (χ2v) is 7.66. The number of aromatic nitrogens is 1. The number of nitriles is 1. The molecule has 3 aromatic carbocycles. The van der Waals surface area contributed by atoms with E-state index in [1.807, 2.05) is 30.3 Å². The lowest BCUT2D eigenvalue weighted by atomic mass is 10.00. The van der Waals surface area contributed by atoms with Crippen molar-refractivity contribution in [3.8, 4) is 17.5 Å². The molecule has 4 rings (SSSR count). The topological polar surface area (TPSA) is 87.1 Å². The molecule has 1 N–H and O–H groups in total. The Balaban J connectivity index is 0.000000235. The van der Waals surface area contributed by atoms with Gasteiger partial charge in [0.2, 0.25) is 5.89 Å². The van der Waals surface area contributed by atoms with Crippen LogP contribution in [0.2, 0.25) is 0 Å². The second-order valence-electron chi connectivity index (χ2n) is 7.66. The van der Waals surface area contributed by atoms with E-state index in [9.17, 15) is 4.79 Å². The summed E-state index contributed by atoms with van der Waals surface area (Å²) in [6, 6.07) is 20.2. The Hall–Kier alpha value is -4.43. The van der Waals surface area contributed by atoms with Gasteiger partial charge >= 0.3 is 5.97 Å². The molecular weight excluding hydrogens is 412 g/mol. The summed E-state index contributed by atoms with van der Waals surface area (Å²) in [5.74, 6) is -0.0667. The highest BCUT2D eigenvalue weighted by Crippen LogP contribution is 2.31. The van der Waals surface area contributed by atoms with Gasteiger partial charge in [-0.2, -0.15) is 5.26 Å². The predicted molar refractivity (Wildman–Crippen MR) is 132 cm³/mol. The highest BCUT2D eigenvalue weighted by molar-refractivity contribution is 5.87. The van der Waals surface area contributed by atoms with Crippen LogP contribution < -0.4 is 0 Å². The van der Waals surface area contributed by atoms with E-state index in [-0.39, 0.29) is 5.92 Å². The predicted octanol–water partition coefficient (Wildman–Crippen LogP) is 7.16. The molecule has 0 amide bonds. The smallest absolute Gasteiger partial charge is 0.335 e. The number of hydrogen-bond donors (Lipinski definition) is 1. The lowest BCUT2D eigenvalue weighted by Gasteiger charge is -2.05. The zero-order valence-electron chi connectivity index (χ0n) is 18.6. The van der Waals surface area contributed by atoms with Gasteiger partial charge < -0.3 is 9.52 Å². The molecule has 0 spiro atoms. The average Bonchev–Trinajstić information content (AvgIpc) is 3.27. The maximum Gasteiger partial charge on any atom is 0.335 e. The van der Waals surface area contributed by atoms with E-state index < -0.39 is 5.97 Å². The van der Waals surface area contributed by atoms with Crippen molar-refractivity contribution in [1.82, 2.24) is 4.98 Å². The van der Waals surface area contributed by atoms with Crippen molar-refractivity contribution in [3.63, 3.8) is 0 Å². The fourth-order valence-corrected chi connectivity index (χ4v) is 3.20. The first-order chi connectivity index (χ1) is 15.9. The monoisotopic (exact) mass is 436 g/mol. The van der Waals surface area contributed by atoms with Crippen LogP contribution in [0.1, 0.15) is 52.4 Å². The van der Waals surface area contributed by atoms with E-state index in [0.717, 1.165) is 33.4 Å². The third kappa shape index (κ3) is 5.44. The van der Waals surface area contributed by atoms with Gasteiger partial charge in [-0.1, -0.05) is 63.4 Å². The average molecular weight is 437 g/mol. The standard InChI is InChI=1S/C19H16N2O.C9H8O2/c1-4-13-5-7-15(8-6-13)19-21-17-10-14(11-20)9-16(12(2)3)18(17)22-19;1-2-7-3-5-8(6-4-7)9(10)11/h4-10,12H,1H2,2-3H3;2-6H,1H2,(H,10,11). The minimum atomic E-state index is -0.902. The molecule has 1 heterocycles. The zero-order chi connectivity index (χ0) is 24.0. The molecular formula is C28H24N2O3. The third-order valence-electron chi connectivity index (χ3n) is 5.06. The van der Waals surface area contributed by atoms with Gasteiger partial charge in [0.1, 0.15) is 5.52 Å². The Labute approximate surface area is 193 Å². The van der Waals surface area contributed by atoms with Crippen LogP contribution in [0.5, 0.6) is 0 Å². The maximum atomic E-state index is 10.4. The molecule has 33 heavy (non-hydrogen) atoms. The van der Waals surface area contributed by atoms with Crippen LogP contribution in [-0.2, 0) is 0 Å². The van der Waals surface area contributed by atoms with Crippen molar-refractivity contribution in [2.24, 2.45) is 0 Å². The van der Waals surface area contributed by atoms with Crippen molar-refractivity contribution >= 4 is 29.2 Å². The summed E-state index contributed by atoms with van der Waals surface area (Å²) < 4.78 is 5.97. The molecule has 0 radical (unpaired) electrons. The largest absolute Gasteiger partial charge is 0.478 e. The number of fused-ring (bicyclic) bond motifs is 1. The zero-order valence-corrected chi connectivity index (χ0v) is 18.6. The maximum absolute atomic E-state index is 10.4. The summed E-state index contributed by atoms with van der Waals surface area (Å²) in [5, 5.41) is 17.7. The third-order valence-corrected chi connectivity index (χ3v) is 5.06. The Morgan fingerprint density at radius 1 is 1.03 bits per heavy atom. The van der Waals surface area contributed by atoms with Crippen LogP contribution in [-0.4, -0.2) is 16.1 Å². The molecule has 4 aromatic rings. The molecule has 0 aliphatic carbocycles. The number of carboxylic acids is 1. The fourth-order valence-electron chi connectivity index (χ4n) is 3.20. The van der Waals surface area contributed by atoms with E-state index in [0.29, 0.717) is 17.0 Å². The van der Waals surface area contributed by atoms with Crippen LogP contribution in [0, 0.1) is 11.3 Å². The minimum Gasteiger partial charge on any atom is -0.478 e. The fraction of sp³-hybridized carbons (Fsp3) is 0.107. The first-order valence-electron chi connectivity index (χ1n) is 10.4. The van der Waals surface area contributed by atoms with Gasteiger partial charge in [-0.25, -0.2) is 9.78 Å². The van der Waals surface area contributed by atoms with Gasteiger partial charge in [-0.05, 0) is 53.4 Å². The molecule has 0 atom stereocenters. The molecule has 0 aliphatic rings. The van der Waals surface area contributed by atoms with Crippen LogP contribution >= 0.6 is 0 Å². The quantitative estimate of drug-likeness (QED) is 0.358. The van der Waals surface area contributed by atoms with Crippen LogP contribution in [0.3, 0.4) is 0 Å². The molecule has 0 saturated carbocycles. The number of aromatic carboxylic acids is 1. The van der Waals surface area contributed by atoms with Gasteiger partial charge in [0.05, 0.1) is 17.2 Å². The SMILES string of the molecule is C=Cc1ccc(-c2nc3cc(C#N)cc(C(C)C)c3o2)cc1.C=Cc1ccc(C(=O)O)cc1. The molecule has 1 aromatic heterocycles. The molecule has 0 unspecified atom stereocenters. The highest BCUT2D eigenvalue weighted by Gasteiger charge is 2.15. The first kappa shape index (κ1) is 23.2. The van der Waals surface area contributed by atoms with Crippen LogP contribution in [0.4, 0.5) is 0 Å². The normalized spacial score (nSPS) is 10.2. The first-order valence-corrected chi connectivity index (χ1v) is 10.4. The molecule has 5 nitrogen and oxygen atoms in total. The number of benzene rings is 3. The summed E-state index contributed by atoms with van der Waals surface area (Å²) in [7, 11) is 0. The van der Waals surface area contributed by atoms with Gasteiger partial charge in [0.25, 0.3) is 0 Å². The lowest BCUT2D eigenvalue weighted by molar-refractivity contribution is 0.0697. The van der Waals surface area contributed by atoms with Crippen molar-refractivity contribution in [2.45, 2.75) is 19.8 Å². The number of carboxylic acid groups (broad SMARTS) is 1. The number of rotatable bonds is 5. The lowest BCUT2D eigenvalue weighted by Crippen LogP contribution is -1.94. The number of oxazole rings is 1. The van der Waals surface area contributed by atoms with E-state index in [1.165, 1.54) is 0 Å². The number of nitrogens with zero attached hydrogens (tertiary/aromatic N) is 2. The Bertz CT molecular complexity index is 1340. The summed E-state index contributed by atoms with van der Waals surface area (Å²) >= 11 is 0. The van der Waals surface area contributed by atoms with E-state index in [4.69, 9.17) is 14.8 Å². The molecule has 0 bridgehead atoms. The Kier molecular flexibility index (Phi) is 7.22. The number of hydrogen-bond acceptors (Lipinski definition) is 4. The summed E-state index contributed by atoms with van der Waals surface area (Å²) in [4.78, 5) is 14.9. The molecule has 5 heteroatoms. The Morgan fingerprint density at radius 3 is 2.09 bits per heavy atom. The summed E-state index contributed by atoms with van der Waals surface area (Å²) in [6.07, 6.45) is 3.47. The van der Waals surface area contributed by atoms with Crippen molar-refractivity contribution in [1.29, 1.82) is 5.26 Å². The molecule has 0 saturated heterocycles. The van der Waals surface area contributed by atoms with Gasteiger partial charge in [0, 0.05) is 11.1 Å². The van der Waals surface area contributed by atoms with Crippen LogP contribution in [0.15, 0.2) is 78.2 Å². The van der Waals surface area contributed by atoms with Crippen LogP contribution in [0.25, 0.3) is 34.7 Å². The minimum absolute atomic E-state index is 0.264. The molecule has 0 aliphatic heterocycles. The molecule has 0 fully saturated rings. The summed E-state index contributed by atoms with van der Waals surface area (Å²) in [5.41, 5.74) is 6.30. The second kappa shape index (κ2) is 10.3. The highest BCUT2D eigenvalue weighted by atomic mass is 16.4. The van der Waals surface area contributed by atoms with E-state index in [1.54, 1.807) is 42.5 Å². The molecule has 164 valence electrons. The van der Waals surface area contributed by atoms with Crippen molar-refractivity contribution in [2.75, 3.05) is 0 Å².